The van der Waals surface area contributed by atoms with Gasteiger partial charge in [-0.2, -0.15) is 0 Å². The van der Waals surface area contributed by atoms with Gasteiger partial charge in [-0.05, 0) is 12.8 Å². The van der Waals surface area contributed by atoms with Crippen molar-refractivity contribution in [2.75, 3.05) is 7.11 Å². The number of carbonyl (C=O) groups excluding carboxylic acids is 1. The minimum atomic E-state index is -0.310. The molecule has 0 bridgehead atoms. The molecule has 1 aliphatic heterocycles. The number of H-pyrrole nitrogens is 1. The quantitative estimate of drug-likeness (QED) is 0.876. The van der Waals surface area contributed by atoms with Gasteiger partial charge < -0.3 is 19.6 Å². The van der Waals surface area contributed by atoms with Crippen molar-refractivity contribution < 1.29 is 9.53 Å². The summed E-state index contributed by atoms with van der Waals surface area (Å²) in [5.74, 6) is 1.03. The molecule has 0 radical (unpaired) electrons. The third-order valence-corrected chi connectivity index (χ3v) is 3.74. The number of aromatic nitrogens is 3. The van der Waals surface area contributed by atoms with Crippen LogP contribution in [0.2, 0.25) is 0 Å². The third-order valence-electron chi connectivity index (χ3n) is 3.74. The van der Waals surface area contributed by atoms with E-state index in [0.29, 0.717) is 12.1 Å². The Kier molecular flexibility index (Phi) is 3.95. The lowest BCUT2D eigenvalue weighted by Crippen LogP contribution is -2.24. The van der Waals surface area contributed by atoms with Crippen molar-refractivity contribution in [1.82, 2.24) is 19.9 Å². The maximum absolute atomic E-state index is 12.2. The van der Waals surface area contributed by atoms with Crippen LogP contribution >= 0.6 is 0 Å². The van der Waals surface area contributed by atoms with E-state index in [0.717, 1.165) is 30.9 Å². The molecule has 2 aromatic heterocycles. The van der Waals surface area contributed by atoms with Gasteiger partial charge in [-0.25, -0.2) is 4.98 Å². The van der Waals surface area contributed by atoms with Crippen LogP contribution in [0.1, 0.15) is 34.7 Å². The molecular formula is C15H18N4O3. The minimum Gasteiger partial charge on any atom is -0.496 e. The summed E-state index contributed by atoms with van der Waals surface area (Å²) in [4.78, 5) is 30.4. The van der Waals surface area contributed by atoms with Crippen molar-refractivity contribution in [3.63, 3.8) is 0 Å². The van der Waals surface area contributed by atoms with Crippen LogP contribution in [0, 0.1) is 0 Å². The Morgan fingerprint density at radius 3 is 3.14 bits per heavy atom. The van der Waals surface area contributed by atoms with Crippen LogP contribution in [0.4, 0.5) is 0 Å². The predicted octanol–water partition coefficient (Wildman–Crippen LogP) is 0.846. The molecule has 116 valence electrons. The first-order valence-corrected chi connectivity index (χ1v) is 7.27. The van der Waals surface area contributed by atoms with Crippen molar-refractivity contribution >= 4 is 5.91 Å². The second kappa shape index (κ2) is 6.05. The summed E-state index contributed by atoms with van der Waals surface area (Å²) in [6.45, 7) is 1.34. The number of aryl methyl sites for hydroxylation is 2. The predicted molar refractivity (Wildman–Crippen MR) is 79.9 cm³/mol. The second-order valence-electron chi connectivity index (χ2n) is 5.26. The van der Waals surface area contributed by atoms with Crippen molar-refractivity contribution in [3.05, 3.63) is 45.9 Å². The number of fused-ring (bicyclic) bond motifs is 1. The molecule has 1 amide bonds. The number of rotatable bonds is 4. The van der Waals surface area contributed by atoms with E-state index in [2.05, 4.69) is 19.9 Å². The lowest BCUT2D eigenvalue weighted by atomic mass is 10.2. The van der Waals surface area contributed by atoms with Gasteiger partial charge in [0.15, 0.2) is 0 Å². The van der Waals surface area contributed by atoms with E-state index in [4.69, 9.17) is 4.74 Å². The first-order chi connectivity index (χ1) is 10.7. The molecule has 0 saturated heterocycles. The summed E-state index contributed by atoms with van der Waals surface area (Å²) < 4.78 is 7.21. The highest BCUT2D eigenvalue weighted by atomic mass is 16.5. The Morgan fingerprint density at radius 2 is 2.36 bits per heavy atom. The number of methoxy groups -OCH3 is 1. The summed E-state index contributed by atoms with van der Waals surface area (Å²) in [5.41, 5.74) is 0.829. The fraction of sp³-hybridized carbons (Fsp3) is 0.400. The van der Waals surface area contributed by atoms with Gasteiger partial charge in [0.1, 0.15) is 11.6 Å². The van der Waals surface area contributed by atoms with Gasteiger partial charge in [-0.1, -0.05) is 0 Å². The summed E-state index contributed by atoms with van der Waals surface area (Å²) in [6.07, 6.45) is 6.66. The Labute approximate surface area is 127 Å². The maximum atomic E-state index is 12.2. The van der Waals surface area contributed by atoms with Crippen molar-refractivity contribution in [2.24, 2.45) is 0 Å². The molecule has 0 aromatic carbocycles. The third kappa shape index (κ3) is 2.88. The van der Waals surface area contributed by atoms with E-state index in [1.807, 2.05) is 6.20 Å². The number of nitrogens with zero attached hydrogens (tertiary/aromatic N) is 2. The molecule has 0 saturated carbocycles. The van der Waals surface area contributed by atoms with Crippen LogP contribution < -0.4 is 15.6 Å². The number of pyridine rings is 1. The van der Waals surface area contributed by atoms with Crippen LogP contribution in [0.3, 0.4) is 0 Å². The van der Waals surface area contributed by atoms with Crippen LogP contribution in [-0.4, -0.2) is 27.6 Å². The average Bonchev–Trinajstić information content (AvgIpc) is 2.95. The van der Waals surface area contributed by atoms with E-state index >= 15 is 0 Å². The standard InChI is InChI=1S/C15H18N4O3/c1-22-12-6-14(20)16-8-11(12)15(21)17-7-10-9-19-5-3-2-4-13(19)18-10/h6,8-9H,2-5,7H2,1H3,(H,16,20)(H,17,21). The highest BCUT2D eigenvalue weighted by molar-refractivity contribution is 5.96. The number of amides is 1. The van der Waals surface area contributed by atoms with E-state index in [9.17, 15) is 9.59 Å². The molecule has 1 aliphatic rings. The van der Waals surface area contributed by atoms with E-state index < -0.39 is 0 Å². The monoisotopic (exact) mass is 302 g/mol. The minimum absolute atomic E-state index is 0.255. The van der Waals surface area contributed by atoms with Gasteiger partial charge in [-0.3, -0.25) is 9.59 Å². The summed E-state index contributed by atoms with van der Waals surface area (Å²) >= 11 is 0. The highest BCUT2D eigenvalue weighted by Gasteiger charge is 2.15. The fourth-order valence-corrected chi connectivity index (χ4v) is 2.62. The Morgan fingerprint density at radius 1 is 1.50 bits per heavy atom. The number of hydrogen-bond acceptors (Lipinski definition) is 4. The molecular weight excluding hydrogens is 284 g/mol. The molecule has 0 fully saturated rings. The first kappa shape index (κ1) is 14.4. The smallest absolute Gasteiger partial charge is 0.256 e. The number of aromatic amines is 1. The van der Waals surface area contributed by atoms with Crippen LogP contribution in [0.5, 0.6) is 5.75 Å². The average molecular weight is 302 g/mol. The molecule has 3 rings (SSSR count). The fourth-order valence-electron chi connectivity index (χ4n) is 2.62. The van der Waals surface area contributed by atoms with Crippen LogP contribution in [-0.2, 0) is 19.5 Å². The lowest BCUT2D eigenvalue weighted by Gasteiger charge is -2.11. The number of ether oxygens (including phenoxy) is 1. The maximum Gasteiger partial charge on any atom is 0.256 e. The molecule has 2 aromatic rings. The molecule has 7 heteroatoms. The van der Waals surface area contributed by atoms with E-state index in [-0.39, 0.29) is 17.2 Å². The Hall–Kier alpha value is -2.57. The largest absolute Gasteiger partial charge is 0.496 e. The first-order valence-electron chi connectivity index (χ1n) is 7.27. The molecule has 0 unspecified atom stereocenters. The molecule has 0 spiro atoms. The Balaban J connectivity index is 1.70. The molecule has 2 N–H and O–H groups in total. The molecule has 0 aliphatic carbocycles. The molecule has 22 heavy (non-hydrogen) atoms. The summed E-state index contributed by atoms with van der Waals surface area (Å²) in [7, 11) is 1.43. The number of hydrogen-bond donors (Lipinski definition) is 2. The van der Waals surface area contributed by atoms with Gasteiger partial charge in [0.05, 0.1) is 24.9 Å². The van der Waals surface area contributed by atoms with E-state index in [1.54, 1.807) is 0 Å². The van der Waals surface area contributed by atoms with Crippen molar-refractivity contribution in [1.29, 1.82) is 0 Å². The SMILES string of the molecule is COc1cc(=O)[nH]cc1C(=O)NCc1cn2c(n1)CCCC2. The number of nitrogens with one attached hydrogen (secondary N) is 2. The molecule has 7 nitrogen and oxygen atoms in total. The number of carbonyl (C=O) groups is 1. The topological polar surface area (TPSA) is 89.0 Å². The van der Waals surface area contributed by atoms with E-state index in [1.165, 1.54) is 25.8 Å². The summed E-state index contributed by atoms with van der Waals surface area (Å²) in [5, 5.41) is 2.80. The number of imidazole rings is 1. The van der Waals surface area contributed by atoms with Gasteiger partial charge in [0.25, 0.3) is 11.5 Å². The zero-order valence-corrected chi connectivity index (χ0v) is 12.4. The lowest BCUT2D eigenvalue weighted by molar-refractivity contribution is 0.0947. The zero-order chi connectivity index (χ0) is 15.5. The Bertz CT molecular complexity index is 724. The zero-order valence-electron chi connectivity index (χ0n) is 12.4. The van der Waals surface area contributed by atoms with Gasteiger partial charge in [0.2, 0.25) is 0 Å². The van der Waals surface area contributed by atoms with Crippen molar-refractivity contribution in [2.45, 2.75) is 32.4 Å². The van der Waals surface area contributed by atoms with Gasteiger partial charge in [0, 0.05) is 31.4 Å². The van der Waals surface area contributed by atoms with Gasteiger partial charge >= 0.3 is 0 Å². The van der Waals surface area contributed by atoms with Crippen LogP contribution in [0.15, 0.2) is 23.3 Å². The second-order valence-corrected chi connectivity index (χ2v) is 5.26. The summed E-state index contributed by atoms with van der Waals surface area (Å²) in [6, 6.07) is 1.25. The van der Waals surface area contributed by atoms with Crippen molar-refractivity contribution in [3.8, 4) is 5.75 Å². The normalized spacial score (nSPS) is 13.5. The highest BCUT2D eigenvalue weighted by Crippen LogP contribution is 2.16. The molecule has 3 heterocycles. The van der Waals surface area contributed by atoms with Gasteiger partial charge in [-0.15, -0.1) is 0 Å². The van der Waals surface area contributed by atoms with Crippen LogP contribution in [0.25, 0.3) is 0 Å². The molecule has 0 atom stereocenters.